The Morgan fingerprint density at radius 1 is 1.25 bits per heavy atom. The summed E-state index contributed by atoms with van der Waals surface area (Å²) in [6.07, 6.45) is 2.34. The first-order chi connectivity index (χ1) is 17.4. The maximum atomic E-state index is 15.5. The first-order valence-corrected chi connectivity index (χ1v) is 13.3. The number of hydrogen-bond acceptors (Lipinski definition) is 5. The number of aromatic nitrogens is 1. The Labute approximate surface area is 214 Å². The third-order valence-electron chi connectivity index (χ3n) is 7.02. The predicted molar refractivity (Wildman–Crippen MR) is 139 cm³/mol. The molecule has 0 aliphatic carbocycles. The topological polar surface area (TPSA) is 62.7 Å². The molecule has 192 valence electrons. The predicted octanol–water partition coefficient (Wildman–Crippen LogP) is 6.38. The molecule has 5 nitrogen and oxygen atoms in total. The van der Waals surface area contributed by atoms with Gasteiger partial charge in [0.25, 0.3) is 0 Å². The van der Waals surface area contributed by atoms with Crippen LogP contribution in [0.25, 0.3) is 10.9 Å². The fraction of sp³-hybridized carbons (Fsp3) is 0.429. The van der Waals surface area contributed by atoms with Crippen LogP contribution in [-0.2, 0) is 4.79 Å². The van der Waals surface area contributed by atoms with Gasteiger partial charge in [-0.15, -0.1) is 11.8 Å². The lowest BCUT2D eigenvalue weighted by Crippen LogP contribution is -2.42. The van der Waals surface area contributed by atoms with E-state index in [1.807, 2.05) is 24.3 Å². The average molecular weight is 515 g/mol. The van der Waals surface area contributed by atoms with Crippen LogP contribution < -0.4 is 4.74 Å². The zero-order valence-electron chi connectivity index (χ0n) is 20.4. The minimum absolute atomic E-state index is 0.0313. The van der Waals surface area contributed by atoms with Gasteiger partial charge in [-0.3, -0.25) is 9.78 Å². The van der Waals surface area contributed by atoms with Crippen LogP contribution in [0.3, 0.4) is 0 Å². The number of hydrogen-bond donors (Lipinski definition) is 1. The highest BCUT2D eigenvalue weighted by atomic mass is 32.2. The minimum atomic E-state index is -1.16. The Kier molecular flexibility index (Phi) is 9.15. The van der Waals surface area contributed by atoms with Gasteiger partial charge >= 0.3 is 5.97 Å². The van der Waals surface area contributed by atoms with E-state index in [2.05, 4.69) is 9.88 Å². The third-order valence-corrected chi connectivity index (χ3v) is 8.05. The molecule has 1 aliphatic rings. The van der Waals surface area contributed by atoms with Crippen LogP contribution in [0.2, 0.25) is 0 Å². The van der Waals surface area contributed by atoms with E-state index in [0.29, 0.717) is 35.6 Å². The Morgan fingerprint density at radius 2 is 2.08 bits per heavy atom. The number of likely N-dealkylation sites (tertiary alicyclic amines) is 1. The number of alkyl halides is 1. The van der Waals surface area contributed by atoms with E-state index in [0.717, 1.165) is 36.2 Å². The van der Waals surface area contributed by atoms with Crippen LogP contribution in [0.1, 0.15) is 37.4 Å². The van der Waals surface area contributed by atoms with Gasteiger partial charge < -0.3 is 14.7 Å². The van der Waals surface area contributed by atoms with Crippen molar-refractivity contribution in [1.29, 1.82) is 0 Å². The standard InChI is InChI=1S/C28H32F2N2O3S/c1-35-21-7-9-26-23(17-21)22(10-12-31-26)24(29)8-6-19-11-13-32(18-20(19)16-28(33)34)14-15-36-27-5-3-2-4-25(27)30/h2-5,7,9-10,12,17,19-20,24H,6,8,11,13-16,18H2,1H3,(H,33,34)/t19-,20+,24?/m1/s1. The van der Waals surface area contributed by atoms with Crippen LogP contribution in [-0.4, -0.2) is 53.5 Å². The SMILES string of the molecule is COc1ccc2nccc(C(F)CC[C@@H]3CCN(CCSc4ccccc4F)C[C@@H]3CC(=O)O)c2c1. The smallest absolute Gasteiger partial charge is 0.303 e. The summed E-state index contributed by atoms with van der Waals surface area (Å²) >= 11 is 1.48. The van der Waals surface area contributed by atoms with Crippen molar-refractivity contribution in [3.63, 3.8) is 0 Å². The summed E-state index contributed by atoms with van der Waals surface area (Å²) in [5.74, 6) is 0.471. The number of carboxylic acids is 1. The van der Waals surface area contributed by atoms with E-state index in [4.69, 9.17) is 4.74 Å². The van der Waals surface area contributed by atoms with Crippen LogP contribution in [0.5, 0.6) is 5.75 Å². The van der Waals surface area contributed by atoms with Crippen molar-refractivity contribution in [3.05, 3.63) is 66.1 Å². The maximum absolute atomic E-state index is 15.5. The van der Waals surface area contributed by atoms with Gasteiger partial charge in [0.1, 0.15) is 17.7 Å². The molecule has 36 heavy (non-hydrogen) atoms. The number of rotatable bonds is 11. The third kappa shape index (κ3) is 6.73. The zero-order valence-corrected chi connectivity index (χ0v) is 21.2. The van der Waals surface area contributed by atoms with Gasteiger partial charge in [0.2, 0.25) is 0 Å². The molecular formula is C28H32F2N2O3S. The highest BCUT2D eigenvalue weighted by molar-refractivity contribution is 7.99. The number of piperidine rings is 1. The molecule has 0 spiro atoms. The number of carboxylic acid groups (broad SMARTS) is 1. The monoisotopic (exact) mass is 514 g/mol. The normalized spacial score (nSPS) is 19.3. The Bertz CT molecular complexity index is 1180. The summed E-state index contributed by atoms with van der Waals surface area (Å²) in [6, 6.07) is 13.9. The number of nitrogens with zero attached hydrogens (tertiary/aromatic N) is 2. The molecule has 0 saturated carbocycles. The van der Waals surface area contributed by atoms with Gasteiger partial charge in [0.05, 0.1) is 12.6 Å². The molecule has 8 heteroatoms. The van der Waals surface area contributed by atoms with E-state index in [1.54, 1.807) is 31.5 Å². The first-order valence-electron chi connectivity index (χ1n) is 12.3. The van der Waals surface area contributed by atoms with Crippen LogP contribution in [0, 0.1) is 17.7 Å². The molecule has 1 unspecified atom stereocenters. The highest BCUT2D eigenvalue weighted by Gasteiger charge is 2.31. The molecule has 2 aromatic carbocycles. The zero-order chi connectivity index (χ0) is 25.5. The minimum Gasteiger partial charge on any atom is -0.497 e. The second-order valence-electron chi connectivity index (χ2n) is 9.31. The molecule has 3 atom stereocenters. The first kappa shape index (κ1) is 26.4. The number of methoxy groups -OCH3 is 1. The molecule has 0 radical (unpaired) electrons. The fourth-order valence-electron chi connectivity index (χ4n) is 5.10. The number of benzene rings is 2. The van der Waals surface area contributed by atoms with Gasteiger partial charge in [0.15, 0.2) is 0 Å². The van der Waals surface area contributed by atoms with E-state index in [-0.39, 0.29) is 24.1 Å². The van der Waals surface area contributed by atoms with Gasteiger partial charge in [-0.05, 0) is 79.6 Å². The fourth-order valence-corrected chi connectivity index (χ4v) is 6.05. The summed E-state index contributed by atoms with van der Waals surface area (Å²) in [4.78, 5) is 18.8. The molecule has 1 fully saturated rings. The lowest BCUT2D eigenvalue weighted by Gasteiger charge is -2.38. The molecule has 1 aromatic heterocycles. The molecule has 0 bridgehead atoms. The van der Waals surface area contributed by atoms with Crippen molar-refractivity contribution >= 4 is 28.6 Å². The second kappa shape index (κ2) is 12.5. The van der Waals surface area contributed by atoms with Crippen molar-refractivity contribution in [2.75, 3.05) is 32.5 Å². The number of aliphatic carboxylic acids is 1. The van der Waals surface area contributed by atoms with Crippen molar-refractivity contribution in [3.8, 4) is 5.75 Å². The Balaban J connectivity index is 1.35. The highest BCUT2D eigenvalue weighted by Crippen LogP contribution is 2.36. The number of ether oxygens (including phenoxy) is 1. The number of fused-ring (bicyclic) bond motifs is 1. The molecule has 4 rings (SSSR count). The van der Waals surface area contributed by atoms with Crippen molar-refractivity contribution in [2.45, 2.75) is 36.8 Å². The van der Waals surface area contributed by atoms with E-state index >= 15 is 4.39 Å². The lowest BCUT2D eigenvalue weighted by atomic mass is 9.79. The summed E-state index contributed by atoms with van der Waals surface area (Å²) < 4.78 is 34.6. The number of thioether (sulfide) groups is 1. The van der Waals surface area contributed by atoms with E-state index < -0.39 is 12.1 Å². The summed E-state index contributed by atoms with van der Waals surface area (Å²) in [7, 11) is 1.58. The van der Waals surface area contributed by atoms with E-state index in [9.17, 15) is 14.3 Å². The lowest BCUT2D eigenvalue weighted by molar-refractivity contribution is -0.139. The number of carbonyl (C=O) groups is 1. The summed E-state index contributed by atoms with van der Waals surface area (Å²) in [5, 5.41) is 10.2. The molecular weight excluding hydrogens is 482 g/mol. The van der Waals surface area contributed by atoms with Crippen LogP contribution in [0.4, 0.5) is 8.78 Å². The van der Waals surface area contributed by atoms with Gasteiger partial charge in [-0.25, -0.2) is 8.78 Å². The average Bonchev–Trinajstić information content (AvgIpc) is 2.88. The van der Waals surface area contributed by atoms with Gasteiger partial charge in [-0.1, -0.05) is 12.1 Å². The molecule has 2 heterocycles. The van der Waals surface area contributed by atoms with Crippen molar-refractivity contribution in [2.24, 2.45) is 11.8 Å². The molecule has 1 saturated heterocycles. The maximum Gasteiger partial charge on any atom is 0.303 e. The van der Waals surface area contributed by atoms with E-state index in [1.165, 1.54) is 17.8 Å². The molecule has 3 aromatic rings. The van der Waals surface area contributed by atoms with Crippen molar-refractivity contribution < 1.29 is 23.4 Å². The number of pyridine rings is 1. The molecule has 0 amide bonds. The van der Waals surface area contributed by atoms with Crippen LogP contribution in [0.15, 0.2) is 59.6 Å². The van der Waals surface area contributed by atoms with Crippen LogP contribution >= 0.6 is 11.8 Å². The Morgan fingerprint density at radius 3 is 2.86 bits per heavy atom. The molecule has 1 aliphatic heterocycles. The second-order valence-corrected chi connectivity index (χ2v) is 10.5. The summed E-state index contributed by atoms with van der Waals surface area (Å²) in [5.41, 5.74) is 1.32. The number of halogens is 2. The van der Waals surface area contributed by atoms with Crippen molar-refractivity contribution in [1.82, 2.24) is 9.88 Å². The van der Waals surface area contributed by atoms with Gasteiger partial charge in [-0.2, -0.15) is 0 Å². The molecule has 1 N–H and O–H groups in total. The largest absolute Gasteiger partial charge is 0.497 e. The quantitative estimate of drug-likeness (QED) is 0.300. The Hall–Kier alpha value is -2.71. The van der Waals surface area contributed by atoms with Gasteiger partial charge in [0, 0.05) is 41.7 Å². The summed E-state index contributed by atoms with van der Waals surface area (Å²) in [6.45, 7) is 2.27.